The van der Waals surface area contributed by atoms with Crippen LogP contribution in [-0.4, -0.2) is 30.5 Å². The lowest BCUT2D eigenvalue weighted by atomic mass is 10.3. The minimum absolute atomic E-state index is 0.0189. The van der Waals surface area contributed by atoms with Gasteiger partial charge in [0.15, 0.2) is 0 Å². The number of nitrogens with zero attached hydrogens (tertiary/aromatic N) is 5. The molecule has 3 heterocycles. The van der Waals surface area contributed by atoms with Gasteiger partial charge in [-0.25, -0.2) is 18.9 Å². The summed E-state index contributed by atoms with van der Waals surface area (Å²) < 4.78 is 21.8. The van der Waals surface area contributed by atoms with E-state index >= 15 is 0 Å². The fourth-order valence-electron chi connectivity index (χ4n) is 2.53. The van der Waals surface area contributed by atoms with Gasteiger partial charge in [-0.2, -0.15) is 0 Å². The van der Waals surface area contributed by atoms with Crippen molar-refractivity contribution in [2.45, 2.75) is 6.61 Å². The second-order valence-electron chi connectivity index (χ2n) is 5.82. The number of aromatic nitrogens is 5. The molecule has 0 radical (unpaired) electrons. The van der Waals surface area contributed by atoms with E-state index in [1.54, 1.807) is 24.5 Å². The number of carbonyl (C=O) groups is 1. The number of hydrogen-bond acceptors (Lipinski definition) is 5. The Kier molecular flexibility index (Phi) is 4.86. The molecule has 140 valence electrons. The van der Waals surface area contributed by atoms with Crippen LogP contribution in [0.3, 0.4) is 0 Å². The van der Waals surface area contributed by atoms with Crippen molar-refractivity contribution in [2.75, 3.05) is 0 Å². The summed E-state index contributed by atoms with van der Waals surface area (Å²) in [7, 11) is 0. The summed E-state index contributed by atoms with van der Waals surface area (Å²) >= 11 is 5.78. The fourth-order valence-corrected chi connectivity index (χ4v) is 2.70. The molecule has 0 bridgehead atoms. The van der Waals surface area contributed by atoms with Crippen LogP contribution in [0.1, 0.15) is 16.2 Å². The molecule has 0 aliphatic heterocycles. The molecule has 7 nitrogen and oxygen atoms in total. The molecule has 28 heavy (non-hydrogen) atoms. The van der Waals surface area contributed by atoms with Crippen molar-refractivity contribution >= 4 is 17.6 Å². The maximum Gasteiger partial charge on any atom is 0.357 e. The topological polar surface area (TPSA) is 74.8 Å². The van der Waals surface area contributed by atoms with E-state index in [1.165, 1.54) is 22.9 Å². The lowest BCUT2D eigenvalue weighted by Crippen LogP contribution is -2.08. The summed E-state index contributed by atoms with van der Waals surface area (Å²) in [5, 5.41) is 7.86. The van der Waals surface area contributed by atoms with Crippen LogP contribution in [0.5, 0.6) is 0 Å². The molecule has 0 aliphatic rings. The van der Waals surface area contributed by atoms with Gasteiger partial charge in [0.05, 0.1) is 16.9 Å². The minimum atomic E-state index is -0.576. The number of hydrogen-bond donors (Lipinski definition) is 0. The Balaban J connectivity index is 1.44. The summed E-state index contributed by atoms with van der Waals surface area (Å²) in [6.45, 7) is -0.0802. The highest BCUT2D eigenvalue weighted by atomic mass is 35.5. The Morgan fingerprint density at radius 3 is 2.75 bits per heavy atom. The zero-order valence-corrected chi connectivity index (χ0v) is 15.1. The number of halogens is 2. The van der Waals surface area contributed by atoms with Crippen LogP contribution in [0.2, 0.25) is 5.02 Å². The van der Waals surface area contributed by atoms with Gasteiger partial charge in [0.1, 0.15) is 23.8 Å². The van der Waals surface area contributed by atoms with E-state index < -0.39 is 11.8 Å². The number of benzene rings is 1. The van der Waals surface area contributed by atoms with E-state index in [4.69, 9.17) is 16.3 Å². The third-order valence-corrected chi connectivity index (χ3v) is 4.20. The molecule has 9 heteroatoms. The molecule has 0 fully saturated rings. The second kappa shape index (κ2) is 7.61. The first-order valence-electron chi connectivity index (χ1n) is 8.23. The molecule has 1 aromatic carbocycles. The van der Waals surface area contributed by atoms with Crippen LogP contribution >= 0.6 is 11.6 Å². The quantitative estimate of drug-likeness (QED) is 0.481. The van der Waals surface area contributed by atoms with Crippen molar-refractivity contribution in [3.63, 3.8) is 0 Å². The van der Waals surface area contributed by atoms with Gasteiger partial charge < -0.3 is 9.30 Å². The summed E-state index contributed by atoms with van der Waals surface area (Å²) in [5.74, 6) is -1.09. The van der Waals surface area contributed by atoms with Gasteiger partial charge in [0.25, 0.3) is 0 Å². The number of pyridine rings is 1. The maximum absolute atomic E-state index is 13.3. The van der Waals surface area contributed by atoms with E-state index in [1.807, 2.05) is 29.1 Å². The summed E-state index contributed by atoms with van der Waals surface area (Å²) in [4.78, 5) is 16.3. The first-order valence-corrected chi connectivity index (χ1v) is 8.61. The fraction of sp³-hybridized carbons (Fsp3) is 0.0526. The Labute approximate surface area is 164 Å². The molecule has 0 saturated carbocycles. The Morgan fingerprint density at radius 2 is 1.96 bits per heavy atom. The van der Waals surface area contributed by atoms with Gasteiger partial charge in [-0.1, -0.05) is 16.8 Å². The van der Waals surface area contributed by atoms with E-state index in [-0.39, 0.29) is 17.3 Å². The molecule has 0 spiro atoms. The van der Waals surface area contributed by atoms with E-state index in [0.29, 0.717) is 11.4 Å². The van der Waals surface area contributed by atoms with Crippen molar-refractivity contribution in [2.24, 2.45) is 0 Å². The molecule has 3 aromatic heterocycles. The standard InChI is InChI=1S/C19H13ClFN5O2/c20-16-9-15(3-4-17(16)21)26-11-13(23-24-26)12-28-19(27)18-10-14(5-6-22-18)25-7-1-2-8-25/h1-11H,12H2. The highest BCUT2D eigenvalue weighted by molar-refractivity contribution is 6.30. The zero-order valence-electron chi connectivity index (χ0n) is 14.4. The number of ether oxygens (including phenoxy) is 1. The van der Waals surface area contributed by atoms with Gasteiger partial charge in [-0.3, -0.25) is 0 Å². The van der Waals surface area contributed by atoms with Crippen molar-refractivity contribution in [3.8, 4) is 11.4 Å². The third-order valence-electron chi connectivity index (χ3n) is 3.91. The van der Waals surface area contributed by atoms with Crippen LogP contribution in [0, 0.1) is 5.82 Å². The molecule has 0 unspecified atom stereocenters. The van der Waals surface area contributed by atoms with Crippen molar-refractivity contribution < 1.29 is 13.9 Å². The Hall–Kier alpha value is -3.52. The van der Waals surface area contributed by atoms with Crippen molar-refractivity contribution in [1.29, 1.82) is 0 Å². The predicted molar refractivity (Wildman–Crippen MR) is 99.0 cm³/mol. The number of rotatable bonds is 5. The van der Waals surface area contributed by atoms with E-state index in [0.717, 1.165) is 5.69 Å². The first kappa shape index (κ1) is 17.9. The predicted octanol–water partition coefficient (Wildman–Crippen LogP) is 3.60. The first-order chi connectivity index (χ1) is 13.6. The highest BCUT2D eigenvalue weighted by Crippen LogP contribution is 2.18. The molecule has 0 amide bonds. The van der Waals surface area contributed by atoms with E-state index in [9.17, 15) is 9.18 Å². The lowest BCUT2D eigenvalue weighted by Gasteiger charge is -2.05. The molecule has 0 atom stereocenters. The summed E-state index contributed by atoms with van der Waals surface area (Å²) in [5.41, 5.74) is 1.95. The number of esters is 1. The minimum Gasteiger partial charge on any atom is -0.454 e. The van der Waals surface area contributed by atoms with Crippen LogP contribution in [-0.2, 0) is 11.3 Å². The zero-order chi connectivity index (χ0) is 19.5. The molecule has 0 N–H and O–H groups in total. The van der Waals surface area contributed by atoms with Gasteiger partial charge in [-0.15, -0.1) is 5.10 Å². The van der Waals surface area contributed by atoms with Gasteiger partial charge >= 0.3 is 5.97 Å². The normalized spacial score (nSPS) is 10.8. The second-order valence-corrected chi connectivity index (χ2v) is 6.23. The van der Waals surface area contributed by atoms with Crippen molar-refractivity contribution in [3.05, 3.63) is 89.5 Å². The molecule has 4 rings (SSSR count). The number of carbonyl (C=O) groups excluding carboxylic acids is 1. The van der Waals surface area contributed by atoms with Crippen molar-refractivity contribution in [1.82, 2.24) is 24.5 Å². The summed E-state index contributed by atoms with van der Waals surface area (Å²) in [6.07, 6.45) is 6.84. The molecule has 0 aliphatic carbocycles. The van der Waals surface area contributed by atoms with Gasteiger partial charge in [0.2, 0.25) is 0 Å². The third kappa shape index (κ3) is 3.77. The van der Waals surface area contributed by atoms with Crippen LogP contribution < -0.4 is 0 Å². The summed E-state index contributed by atoms with van der Waals surface area (Å²) in [6, 6.07) is 11.4. The lowest BCUT2D eigenvalue weighted by molar-refractivity contribution is 0.0460. The highest BCUT2D eigenvalue weighted by Gasteiger charge is 2.12. The van der Waals surface area contributed by atoms with Gasteiger partial charge in [0, 0.05) is 24.3 Å². The smallest absolute Gasteiger partial charge is 0.357 e. The average Bonchev–Trinajstić information content (AvgIpc) is 3.40. The van der Waals surface area contributed by atoms with Crippen LogP contribution in [0.25, 0.3) is 11.4 Å². The van der Waals surface area contributed by atoms with Crippen LogP contribution in [0.4, 0.5) is 4.39 Å². The molecule has 0 saturated heterocycles. The maximum atomic E-state index is 13.3. The largest absolute Gasteiger partial charge is 0.454 e. The molecule has 4 aromatic rings. The Bertz CT molecular complexity index is 1130. The van der Waals surface area contributed by atoms with Gasteiger partial charge in [-0.05, 0) is 42.5 Å². The SMILES string of the molecule is O=C(OCc1cn(-c2ccc(F)c(Cl)c2)nn1)c1cc(-n2cccc2)ccn1. The van der Waals surface area contributed by atoms with Crippen LogP contribution in [0.15, 0.2) is 67.3 Å². The molecular weight excluding hydrogens is 385 g/mol. The monoisotopic (exact) mass is 397 g/mol. The van der Waals surface area contributed by atoms with E-state index in [2.05, 4.69) is 15.3 Å². The Morgan fingerprint density at radius 1 is 1.14 bits per heavy atom. The molecular formula is C19H13ClFN5O2. The average molecular weight is 398 g/mol.